The molecule has 114 valence electrons. The van der Waals surface area contributed by atoms with E-state index in [1.54, 1.807) is 0 Å². The van der Waals surface area contributed by atoms with Crippen LogP contribution in [-0.2, 0) is 0 Å². The molecular weight excluding hydrogens is 369 g/mol. The maximum Gasteiger partial charge on any atom is 0.191 e. The third-order valence-electron chi connectivity index (χ3n) is 3.14. The predicted octanol–water partition coefficient (Wildman–Crippen LogP) is 3.64. The van der Waals surface area contributed by atoms with Gasteiger partial charge in [0.2, 0.25) is 0 Å². The molecule has 1 fully saturated rings. The van der Waals surface area contributed by atoms with Gasteiger partial charge in [0.25, 0.3) is 0 Å². The van der Waals surface area contributed by atoms with Crippen molar-refractivity contribution in [2.24, 2.45) is 4.99 Å². The molecule has 5 heteroatoms. The van der Waals surface area contributed by atoms with Gasteiger partial charge >= 0.3 is 0 Å². The highest BCUT2D eigenvalue weighted by atomic mass is 127. The number of unbranched alkanes of at least 4 members (excludes halogenated alkanes) is 3. The summed E-state index contributed by atoms with van der Waals surface area (Å²) in [5.74, 6) is 2.32. The van der Waals surface area contributed by atoms with Crippen LogP contribution in [0, 0.1) is 0 Å². The van der Waals surface area contributed by atoms with Gasteiger partial charge in [-0.15, -0.1) is 24.0 Å². The van der Waals surface area contributed by atoms with E-state index in [-0.39, 0.29) is 24.0 Å². The van der Waals surface area contributed by atoms with Gasteiger partial charge in [-0.05, 0) is 31.9 Å². The van der Waals surface area contributed by atoms with Crippen LogP contribution in [0.4, 0.5) is 0 Å². The molecule has 0 aromatic carbocycles. The maximum absolute atomic E-state index is 4.69. The fourth-order valence-corrected chi connectivity index (χ4v) is 3.26. The second-order valence-electron chi connectivity index (χ2n) is 4.84. The Kier molecular flexibility index (Phi) is 13.6. The molecule has 0 saturated carbocycles. The number of guanidine groups is 1. The molecule has 1 unspecified atom stereocenters. The van der Waals surface area contributed by atoms with Crippen LogP contribution >= 0.6 is 35.7 Å². The van der Waals surface area contributed by atoms with Gasteiger partial charge in [-0.25, -0.2) is 0 Å². The highest BCUT2D eigenvalue weighted by molar-refractivity contribution is 14.0. The van der Waals surface area contributed by atoms with E-state index in [1.165, 1.54) is 44.3 Å². The summed E-state index contributed by atoms with van der Waals surface area (Å²) in [6.07, 6.45) is 7.91. The first-order chi connectivity index (χ1) is 8.86. The summed E-state index contributed by atoms with van der Waals surface area (Å²) < 4.78 is 0. The predicted molar refractivity (Wildman–Crippen MR) is 99.0 cm³/mol. The van der Waals surface area contributed by atoms with Crippen molar-refractivity contribution in [2.45, 2.75) is 57.6 Å². The summed E-state index contributed by atoms with van der Waals surface area (Å²) in [5.41, 5.74) is 0. The molecule has 2 N–H and O–H groups in total. The molecule has 0 radical (unpaired) electrons. The zero-order chi connectivity index (χ0) is 13.1. The lowest BCUT2D eigenvalue weighted by Crippen LogP contribution is -2.38. The molecule has 19 heavy (non-hydrogen) atoms. The number of hydrogen-bond acceptors (Lipinski definition) is 2. The van der Waals surface area contributed by atoms with Crippen LogP contribution < -0.4 is 10.6 Å². The number of halogens is 1. The van der Waals surface area contributed by atoms with E-state index >= 15 is 0 Å². The van der Waals surface area contributed by atoms with Crippen LogP contribution in [0.25, 0.3) is 0 Å². The first-order valence-corrected chi connectivity index (χ1v) is 8.55. The molecular formula is C14H30IN3S. The fourth-order valence-electron chi connectivity index (χ4n) is 2.08. The highest BCUT2D eigenvalue weighted by Crippen LogP contribution is 2.25. The van der Waals surface area contributed by atoms with Gasteiger partial charge in [0.05, 0.1) is 6.54 Å². The average Bonchev–Trinajstić information content (AvgIpc) is 2.88. The van der Waals surface area contributed by atoms with Crippen molar-refractivity contribution in [1.82, 2.24) is 10.6 Å². The summed E-state index contributed by atoms with van der Waals surface area (Å²) >= 11 is 2.07. The largest absolute Gasteiger partial charge is 0.357 e. The Balaban J connectivity index is 0.00000324. The molecule has 0 aromatic rings. The lowest BCUT2D eigenvalue weighted by molar-refractivity contribution is 0.646. The van der Waals surface area contributed by atoms with Gasteiger partial charge < -0.3 is 10.6 Å². The third kappa shape index (κ3) is 9.82. The minimum absolute atomic E-state index is 0. The lowest BCUT2D eigenvalue weighted by Gasteiger charge is -2.12. The highest BCUT2D eigenvalue weighted by Gasteiger charge is 2.14. The molecule has 1 aliphatic rings. The van der Waals surface area contributed by atoms with Gasteiger partial charge in [-0.2, -0.15) is 11.8 Å². The van der Waals surface area contributed by atoms with Gasteiger partial charge in [-0.1, -0.05) is 26.2 Å². The molecule has 1 saturated heterocycles. The van der Waals surface area contributed by atoms with Crippen LogP contribution in [0.3, 0.4) is 0 Å². The standard InChI is InChI=1S/C14H29N3S.HI/c1-3-5-6-7-10-16-14(15-4-2)17-12-13-9-8-11-18-13;/h13H,3-12H2,1-2H3,(H2,15,16,17);1H. The summed E-state index contributed by atoms with van der Waals surface area (Å²) in [5, 5.41) is 7.51. The van der Waals surface area contributed by atoms with Gasteiger partial charge in [-0.3, -0.25) is 4.99 Å². The number of nitrogens with one attached hydrogen (secondary N) is 2. The summed E-state index contributed by atoms with van der Waals surface area (Å²) in [6, 6.07) is 0. The Morgan fingerprint density at radius 3 is 2.68 bits per heavy atom. The van der Waals surface area contributed by atoms with Crippen molar-refractivity contribution >= 4 is 41.7 Å². The van der Waals surface area contributed by atoms with Crippen LogP contribution in [-0.4, -0.2) is 36.6 Å². The summed E-state index contributed by atoms with van der Waals surface area (Å²) in [4.78, 5) is 4.69. The molecule has 1 heterocycles. The maximum atomic E-state index is 4.69. The van der Waals surface area contributed by atoms with E-state index in [1.807, 2.05) is 0 Å². The molecule has 3 nitrogen and oxygen atoms in total. The fraction of sp³-hybridized carbons (Fsp3) is 0.929. The second kappa shape index (κ2) is 13.3. The van der Waals surface area contributed by atoms with Crippen LogP contribution in [0.2, 0.25) is 0 Å². The Labute approximate surface area is 140 Å². The first-order valence-electron chi connectivity index (χ1n) is 7.50. The van der Waals surface area contributed by atoms with Gasteiger partial charge in [0, 0.05) is 18.3 Å². The number of rotatable bonds is 8. The molecule has 0 amide bonds. The molecule has 1 rings (SSSR count). The Bertz CT molecular complexity index is 231. The molecule has 0 aromatic heterocycles. The normalized spacial score (nSPS) is 19.1. The van der Waals surface area contributed by atoms with Crippen molar-refractivity contribution in [3.05, 3.63) is 0 Å². The van der Waals surface area contributed by atoms with E-state index in [4.69, 9.17) is 0 Å². The third-order valence-corrected chi connectivity index (χ3v) is 4.52. The SMILES string of the molecule is CCCCCCNC(=NCC1CCCS1)NCC.I. The molecule has 1 aliphatic heterocycles. The molecule has 0 aliphatic carbocycles. The van der Waals surface area contributed by atoms with E-state index in [2.05, 4.69) is 41.2 Å². The lowest BCUT2D eigenvalue weighted by atomic mass is 10.2. The number of hydrogen-bond donors (Lipinski definition) is 2. The van der Waals surface area contributed by atoms with Crippen molar-refractivity contribution in [3.8, 4) is 0 Å². The topological polar surface area (TPSA) is 36.4 Å². The number of nitrogens with zero attached hydrogens (tertiary/aromatic N) is 1. The van der Waals surface area contributed by atoms with Crippen molar-refractivity contribution < 1.29 is 0 Å². The Hall–Kier alpha value is 0.350. The van der Waals surface area contributed by atoms with Crippen LogP contribution in [0.1, 0.15) is 52.4 Å². The van der Waals surface area contributed by atoms with E-state index in [0.29, 0.717) is 0 Å². The Morgan fingerprint density at radius 2 is 2.05 bits per heavy atom. The summed E-state index contributed by atoms with van der Waals surface area (Å²) in [6.45, 7) is 7.33. The zero-order valence-corrected chi connectivity index (χ0v) is 15.6. The molecule has 0 spiro atoms. The average molecular weight is 399 g/mol. The monoisotopic (exact) mass is 399 g/mol. The zero-order valence-electron chi connectivity index (χ0n) is 12.4. The minimum Gasteiger partial charge on any atom is -0.357 e. The Morgan fingerprint density at radius 1 is 1.21 bits per heavy atom. The molecule has 1 atom stereocenters. The van der Waals surface area contributed by atoms with Crippen molar-refractivity contribution in [3.63, 3.8) is 0 Å². The first kappa shape index (κ1) is 19.4. The smallest absolute Gasteiger partial charge is 0.191 e. The number of aliphatic imine (C=N–C) groups is 1. The van der Waals surface area contributed by atoms with Crippen molar-refractivity contribution in [2.75, 3.05) is 25.4 Å². The van der Waals surface area contributed by atoms with E-state index < -0.39 is 0 Å². The van der Waals surface area contributed by atoms with Crippen LogP contribution in [0.5, 0.6) is 0 Å². The summed E-state index contributed by atoms with van der Waals surface area (Å²) in [7, 11) is 0. The second-order valence-corrected chi connectivity index (χ2v) is 6.25. The quantitative estimate of drug-likeness (QED) is 0.283. The van der Waals surface area contributed by atoms with E-state index in [0.717, 1.165) is 30.8 Å². The van der Waals surface area contributed by atoms with Gasteiger partial charge in [0.15, 0.2) is 5.96 Å². The van der Waals surface area contributed by atoms with Crippen molar-refractivity contribution in [1.29, 1.82) is 0 Å². The molecule has 0 bridgehead atoms. The minimum atomic E-state index is 0. The van der Waals surface area contributed by atoms with Crippen LogP contribution in [0.15, 0.2) is 4.99 Å². The number of thioether (sulfide) groups is 1. The van der Waals surface area contributed by atoms with Gasteiger partial charge in [0.1, 0.15) is 0 Å². The van der Waals surface area contributed by atoms with E-state index in [9.17, 15) is 0 Å².